The Labute approximate surface area is 151 Å². The molecule has 0 unspecified atom stereocenters. The molecule has 0 saturated carbocycles. The minimum Gasteiger partial charge on any atom is -0.497 e. The third kappa shape index (κ3) is 3.71. The van der Waals surface area contributed by atoms with Crippen molar-refractivity contribution in [2.24, 2.45) is 0 Å². The van der Waals surface area contributed by atoms with Gasteiger partial charge in [-0.1, -0.05) is 0 Å². The molecule has 1 amide bonds. The molecule has 3 aromatic rings. The van der Waals surface area contributed by atoms with Crippen LogP contribution in [0.1, 0.15) is 5.56 Å². The van der Waals surface area contributed by atoms with Gasteiger partial charge in [-0.2, -0.15) is 0 Å². The summed E-state index contributed by atoms with van der Waals surface area (Å²) in [4.78, 5) is 12.4. The quantitative estimate of drug-likeness (QED) is 0.691. The normalized spacial score (nSPS) is 11.5. The number of amides is 1. The molecule has 0 bridgehead atoms. The number of furan rings is 1. The molecule has 2 N–H and O–H groups in total. The number of fused-ring (bicyclic) bond motifs is 1. The van der Waals surface area contributed by atoms with Crippen LogP contribution in [0.5, 0.6) is 5.75 Å². The van der Waals surface area contributed by atoms with Gasteiger partial charge in [0.25, 0.3) is 0 Å². The van der Waals surface area contributed by atoms with Crippen LogP contribution in [0.25, 0.3) is 11.0 Å². The van der Waals surface area contributed by atoms with Crippen LogP contribution in [0.4, 0.5) is 5.69 Å². The summed E-state index contributed by atoms with van der Waals surface area (Å²) in [7, 11) is -0.582. The maximum atomic E-state index is 12.3. The number of ether oxygens (including phenoxy) is 1. The number of carbonyl (C=O) groups is 1. The van der Waals surface area contributed by atoms with Crippen LogP contribution in [-0.2, 0) is 21.2 Å². The predicted octanol–water partition coefficient (Wildman–Crippen LogP) is 2.53. The Morgan fingerprint density at radius 1 is 1.15 bits per heavy atom. The molecule has 26 heavy (non-hydrogen) atoms. The van der Waals surface area contributed by atoms with Crippen molar-refractivity contribution in [3.05, 3.63) is 54.3 Å². The summed E-state index contributed by atoms with van der Waals surface area (Å²) < 4.78 is 36.3. The second kappa shape index (κ2) is 7.19. The number of hydrogen-bond donors (Lipinski definition) is 2. The molecule has 0 fully saturated rings. The van der Waals surface area contributed by atoms with Gasteiger partial charge in [0.2, 0.25) is 15.9 Å². The van der Waals surface area contributed by atoms with Gasteiger partial charge in [-0.15, -0.1) is 0 Å². The molecule has 0 aliphatic heterocycles. The van der Waals surface area contributed by atoms with E-state index in [-0.39, 0.29) is 17.2 Å². The fourth-order valence-corrected chi connectivity index (χ4v) is 3.27. The lowest BCUT2D eigenvalue weighted by molar-refractivity contribution is -0.115. The first-order valence-corrected chi connectivity index (χ1v) is 9.29. The average molecular weight is 374 g/mol. The Bertz CT molecular complexity index is 1040. The zero-order chi connectivity index (χ0) is 18.7. The SMILES string of the molecule is CNS(=O)(=O)c1ccc(NC(=O)Cc2coc3cc(OC)ccc23)cc1. The second-order valence-electron chi connectivity index (χ2n) is 5.58. The molecule has 1 heterocycles. The van der Waals surface area contributed by atoms with Crippen LogP contribution in [0, 0.1) is 0 Å². The summed E-state index contributed by atoms with van der Waals surface area (Å²) >= 11 is 0. The van der Waals surface area contributed by atoms with Crippen LogP contribution < -0.4 is 14.8 Å². The van der Waals surface area contributed by atoms with E-state index in [2.05, 4.69) is 10.0 Å². The number of anilines is 1. The van der Waals surface area contributed by atoms with E-state index in [1.165, 1.54) is 19.2 Å². The monoisotopic (exact) mass is 374 g/mol. The molecule has 8 heteroatoms. The maximum Gasteiger partial charge on any atom is 0.240 e. The zero-order valence-corrected chi connectivity index (χ0v) is 15.1. The van der Waals surface area contributed by atoms with E-state index >= 15 is 0 Å². The van der Waals surface area contributed by atoms with Gasteiger partial charge in [0.15, 0.2) is 0 Å². The minimum absolute atomic E-state index is 0.132. The lowest BCUT2D eigenvalue weighted by atomic mass is 10.1. The second-order valence-corrected chi connectivity index (χ2v) is 7.47. The van der Waals surface area contributed by atoms with Crippen LogP contribution in [0.3, 0.4) is 0 Å². The first kappa shape index (κ1) is 18.0. The first-order valence-electron chi connectivity index (χ1n) is 7.80. The summed E-state index contributed by atoms with van der Waals surface area (Å²) in [6, 6.07) is 11.4. The molecule has 3 rings (SSSR count). The molecule has 0 radical (unpaired) electrons. The molecule has 136 valence electrons. The van der Waals surface area contributed by atoms with Gasteiger partial charge in [0.05, 0.1) is 24.7 Å². The number of benzene rings is 2. The molecule has 0 atom stereocenters. The number of rotatable bonds is 6. The number of carbonyl (C=O) groups excluding carboxylic acids is 1. The van der Waals surface area contributed by atoms with E-state index < -0.39 is 10.0 Å². The standard InChI is InChI=1S/C18H18N2O5S/c1-19-26(22,23)15-6-3-13(4-7-15)20-18(21)9-12-11-25-17-10-14(24-2)5-8-16(12)17/h3-8,10-11,19H,9H2,1-2H3,(H,20,21). The number of methoxy groups -OCH3 is 1. The Morgan fingerprint density at radius 3 is 2.54 bits per heavy atom. The van der Waals surface area contributed by atoms with Crippen molar-refractivity contribution in [3.63, 3.8) is 0 Å². The lowest BCUT2D eigenvalue weighted by Crippen LogP contribution is -2.18. The molecule has 7 nitrogen and oxygen atoms in total. The van der Waals surface area contributed by atoms with E-state index in [4.69, 9.17) is 9.15 Å². The van der Waals surface area contributed by atoms with E-state index in [9.17, 15) is 13.2 Å². The van der Waals surface area contributed by atoms with Crippen molar-refractivity contribution >= 4 is 32.6 Å². The van der Waals surface area contributed by atoms with Crippen LogP contribution in [0.2, 0.25) is 0 Å². The van der Waals surface area contributed by atoms with Gasteiger partial charge in [-0.3, -0.25) is 4.79 Å². The fraction of sp³-hybridized carbons (Fsp3) is 0.167. The van der Waals surface area contributed by atoms with Gasteiger partial charge >= 0.3 is 0 Å². The minimum atomic E-state index is -3.50. The van der Waals surface area contributed by atoms with Crippen molar-refractivity contribution in [1.82, 2.24) is 4.72 Å². The number of hydrogen-bond acceptors (Lipinski definition) is 5. The summed E-state index contributed by atoms with van der Waals surface area (Å²) in [6.45, 7) is 0. The van der Waals surface area contributed by atoms with Crippen molar-refractivity contribution < 1.29 is 22.4 Å². The average Bonchev–Trinajstić information content (AvgIpc) is 3.04. The Hall–Kier alpha value is -2.84. The van der Waals surface area contributed by atoms with Gasteiger partial charge in [-0.25, -0.2) is 13.1 Å². The van der Waals surface area contributed by atoms with Gasteiger partial charge < -0.3 is 14.5 Å². The molecular formula is C18H18N2O5S. The van der Waals surface area contributed by atoms with Gasteiger partial charge in [-0.05, 0) is 43.4 Å². The summed E-state index contributed by atoms with van der Waals surface area (Å²) in [5, 5.41) is 3.59. The van der Waals surface area contributed by atoms with E-state index in [0.717, 1.165) is 10.9 Å². The van der Waals surface area contributed by atoms with E-state index in [1.807, 2.05) is 6.07 Å². The predicted molar refractivity (Wildman–Crippen MR) is 97.8 cm³/mol. The Kier molecular flexibility index (Phi) is 4.97. The third-order valence-electron chi connectivity index (χ3n) is 3.93. The topological polar surface area (TPSA) is 97.6 Å². The highest BCUT2D eigenvalue weighted by molar-refractivity contribution is 7.89. The summed E-state index contributed by atoms with van der Waals surface area (Å²) in [5.41, 5.74) is 1.92. The summed E-state index contributed by atoms with van der Waals surface area (Å²) in [6.07, 6.45) is 1.68. The molecule has 0 spiro atoms. The zero-order valence-electron chi connectivity index (χ0n) is 14.3. The maximum absolute atomic E-state index is 12.3. The third-order valence-corrected chi connectivity index (χ3v) is 5.36. The van der Waals surface area contributed by atoms with Crippen LogP contribution in [0.15, 0.2) is 58.0 Å². The highest BCUT2D eigenvalue weighted by Gasteiger charge is 2.13. The Morgan fingerprint density at radius 2 is 1.88 bits per heavy atom. The first-order chi connectivity index (χ1) is 12.4. The van der Waals surface area contributed by atoms with Crippen LogP contribution in [-0.4, -0.2) is 28.5 Å². The molecule has 1 aromatic heterocycles. The lowest BCUT2D eigenvalue weighted by Gasteiger charge is -2.06. The smallest absolute Gasteiger partial charge is 0.240 e. The Balaban J connectivity index is 1.71. The molecular weight excluding hydrogens is 356 g/mol. The molecule has 2 aromatic carbocycles. The highest BCUT2D eigenvalue weighted by Crippen LogP contribution is 2.26. The van der Waals surface area contributed by atoms with Crippen molar-refractivity contribution in [2.45, 2.75) is 11.3 Å². The van der Waals surface area contributed by atoms with Crippen molar-refractivity contribution in [2.75, 3.05) is 19.5 Å². The highest BCUT2D eigenvalue weighted by atomic mass is 32.2. The number of nitrogens with one attached hydrogen (secondary N) is 2. The van der Waals surface area contributed by atoms with Gasteiger partial charge in [0, 0.05) is 22.7 Å². The molecule has 0 aliphatic rings. The molecule has 0 saturated heterocycles. The van der Waals surface area contributed by atoms with Crippen molar-refractivity contribution in [1.29, 1.82) is 0 Å². The number of sulfonamides is 1. The fourth-order valence-electron chi connectivity index (χ4n) is 2.54. The largest absolute Gasteiger partial charge is 0.497 e. The summed E-state index contributed by atoms with van der Waals surface area (Å²) in [5.74, 6) is 0.451. The van der Waals surface area contributed by atoms with Crippen LogP contribution >= 0.6 is 0 Å². The van der Waals surface area contributed by atoms with Crippen molar-refractivity contribution in [3.8, 4) is 5.75 Å². The van der Waals surface area contributed by atoms with E-state index in [0.29, 0.717) is 17.0 Å². The molecule has 0 aliphatic carbocycles. The van der Waals surface area contributed by atoms with Gasteiger partial charge in [0.1, 0.15) is 11.3 Å². The van der Waals surface area contributed by atoms with E-state index in [1.54, 1.807) is 37.6 Å².